The number of hydrogen-bond acceptors (Lipinski definition) is 2. The molecule has 3 N–H and O–H groups in total. The summed E-state index contributed by atoms with van der Waals surface area (Å²) < 4.78 is 19.4. The van der Waals surface area contributed by atoms with Crippen molar-refractivity contribution in [2.45, 2.75) is 13.8 Å². The molecule has 3 nitrogen and oxygen atoms in total. The van der Waals surface area contributed by atoms with Crippen molar-refractivity contribution in [3.05, 3.63) is 58.9 Å². The van der Waals surface area contributed by atoms with E-state index in [0.29, 0.717) is 5.75 Å². The van der Waals surface area contributed by atoms with Gasteiger partial charge in [-0.1, -0.05) is 18.2 Å². The molecule has 0 aliphatic carbocycles. The van der Waals surface area contributed by atoms with Crippen LogP contribution in [0.1, 0.15) is 16.7 Å². The lowest BCUT2D eigenvalue weighted by molar-refractivity contribution is 0.471. The highest BCUT2D eigenvalue weighted by molar-refractivity contribution is 5.98. The predicted octanol–water partition coefficient (Wildman–Crippen LogP) is 3.52. The third kappa shape index (κ3) is 2.57. The van der Waals surface area contributed by atoms with Gasteiger partial charge in [0.15, 0.2) is 0 Å². The number of aryl methyl sites for hydroxylation is 1. The van der Waals surface area contributed by atoms with E-state index in [4.69, 9.17) is 15.9 Å². The van der Waals surface area contributed by atoms with E-state index >= 15 is 0 Å². The molecule has 98 valence electrons. The standard InChI is InChI=1S/C15H15FN2O/c1-9-5-3-7-12(10(9)2)19-13-8-4-6-11(16)14(13)15(17)18/h3-8H,1-2H3,(H3,17,18). The molecule has 0 saturated carbocycles. The summed E-state index contributed by atoms with van der Waals surface area (Å²) in [5.41, 5.74) is 7.44. The van der Waals surface area contributed by atoms with Gasteiger partial charge in [-0.3, -0.25) is 5.41 Å². The summed E-state index contributed by atoms with van der Waals surface area (Å²) in [7, 11) is 0. The fourth-order valence-electron chi connectivity index (χ4n) is 1.80. The first-order valence-electron chi connectivity index (χ1n) is 5.87. The number of amidine groups is 1. The third-order valence-corrected chi connectivity index (χ3v) is 3.02. The topological polar surface area (TPSA) is 59.1 Å². The molecule has 2 rings (SSSR count). The van der Waals surface area contributed by atoms with Crippen LogP contribution in [0.15, 0.2) is 36.4 Å². The van der Waals surface area contributed by atoms with E-state index in [1.807, 2.05) is 26.0 Å². The molecular weight excluding hydrogens is 243 g/mol. The molecule has 0 saturated heterocycles. The molecule has 0 fully saturated rings. The van der Waals surface area contributed by atoms with Gasteiger partial charge in [0.05, 0.1) is 5.56 Å². The Morgan fingerprint density at radius 1 is 1.11 bits per heavy atom. The highest BCUT2D eigenvalue weighted by atomic mass is 19.1. The van der Waals surface area contributed by atoms with Gasteiger partial charge in [-0.2, -0.15) is 0 Å². The Hall–Kier alpha value is -2.36. The largest absolute Gasteiger partial charge is 0.456 e. The number of nitrogen functional groups attached to an aromatic ring is 1. The Labute approximate surface area is 111 Å². The van der Waals surface area contributed by atoms with Crippen molar-refractivity contribution >= 4 is 5.84 Å². The van der Waals surface area contributed by atoms with Gasteiger partial charge in [0.2, 0.25) is 0 Å². The number of benzene rings is 2. The zero-order valence-electron chi connectivity index (χ0n) is 10.8. The Balaban J connectivity index is 2.47. The van der Waals surface area contributed by atoms with Gasteiger partial charge in [0, 0.05) is 0 Å². The summed E-state index contributed by atoms with van der Waals surface area (Å²) in [6.45, 7) is 3.90. The van der Waals surface area contributed by atoms with Crippen molar-refractivity contribution < 1.29 is 9.13 Å². The molecule has 0 aliphatic rings. The number of ether oxygens (including phenoxy) is 1. The summed E-state index contributed by atoms with van der Waals surface area (Å²) in [5, 5.41) is 7.44. The Morgan fingerprint density at radius 2 is 1.74 bits per heavy atom. The second kappa shape index (κ2) is 5.10. The molecule has 0 bridgehead atoms. The van der Waals surface area contributed by atoms with Crippen LogP contribution in [0.25, 0.3) is 0 Å². The maximum absolute atomic E-state index is 13.7. The van der Waals surface area contributed by atoms with E-state index in [-0.39, 0.29) is 17.1 Å². The van der Waals surface area contributed by atoms with E-state index in [0.717, 1.165) is 11.1 Å². The number of halogens is 1. The monoisotopic (exact) mass is 258 g/mol. The van der Waals surface area contributed by atoms with Gasteiger partial charge < -0.3 is 10.5 Å². The molecule has 0 radical (unpaired) electrons. The number of rotatable bonds is 3. The van der Waals surface area contributed by atoms with Crippen LogP contribution in [0.3, 0.4) is 0 Å². The molecule has 0 spiro atoms. The zero-order chi connectivity index (χ0) is 14.0. The van der Waals surface area contributed by atoms with Crippen molar-refractivity contribution in [3.63, 3.8) is 0 Å². The minimum Gasteiger partial charge on any atom is -0.456 e. The van der Waals surface area contributed by atoms with E-state index in [1.165, 1.54) is 12.1 Å². The third-order valence-electron chi connectivity index (χ3n) is 3.02. The van der Waals surface area contributed by atoms with Crippen LogP contribution in [-0.2, 0) is 0 Å². The molecule has 0 unspecified atom stereocenters. The Bertz CT molecular complexity index is 638. The summed E-state index contributed by atoms with van der Waals surface area (Å²) in [5.74, 6) is -0.0250. The molecule has 0 aromatic heterocycles. The molecule has 0 heterocycles. The van der Waals surface area contributed by atoms with Crippen molar-refractivity contribution in [3.8, 4) is 11.5 Å². The Kier molecular flexibility index (Phi) is 3.51. The molecule has 4 heteroatoms. The number of hydrogen-bond donors (Lipinski definition) is 2. The normalized spacial score (nSPS) is 10.3. The minimum atomic E-state index is -0.560. The molecule has 2 aromatic rings. The summed E-state index contributed by atoms with van der Waals surface area (Å²) in [4.78, 5) is 0. The van der Waals surface area contributed by atoms with Crippen molar-refractivity contribution in [1.82, 2.24) is 0 Å². The van der Waals surface area contributed by atoms with Crippen molar-refractivity contribution in [2.75, 3.05) is 0 Å². The first-order chi connectivity index (χ1) is 9.00. The highest BCUT2D eigenvalue weighted by Crippen LogP contribution is 2.30. The SMILES string of the molecule is Cc1cccc(Oc2cccc(F)c2C(=N)N)c1C. The van der Waals surface area contributed by atoms with Crippen molar-refractivity contribution in [1.29, 1.82) is 5.41 Å². The zero-order valence-corrected chi connectivity index (χ0v) is 10.8. The molecule has 2 aromatic carbocycles. The fourth-order valence-corrected chi connectivity index (χ4v) is 1.80. The van der Waals surface area contributed by atoms with Gasteiger partial charge in [0.25, 0.3) is 0 Å². The molecular formula is C15H15FN2O. The van der Waals surface area contributed by atoms with Crippen molar-refractivity contribution in [2.24, 2.45) is 5.73 Å². The van der Waals surface area contributed by atoms with Gasteiger partial charge in [-0.05, 0) is 43.2 Å². The fraction of sp³-hybridized carbons (Fsp3) is 0.133. The molecule has 19 heavy (non-hydrogen) atoms. The average Bonchev–Trinajstić information content (AvgIpc) is 2.34. The Morgan fingerprint density at radius 3 is 2.42 bits per heavy atom. The van der Waals surface area contributed by atoms with Crippen LogP contribution in [0, 0.1) is 25.1 Å². The van der Waals surface area contributed by atoms with E-state index < -0.39 is 5.82 Å². The lowest BCUT2D eigenvalue weighted by atomic mass is 10.1. The van der Waals surface area contributed by atoms with Crippen LogP contribution in [0.2, 0.25) is 0 Å². The van der Waals surface area contributed by atoms with Crippen LogP contribution >= 0.6 is 0 Å². The number of nitrogens with two attached hydrogens (primary N) is 1. The van der Waals surface area contributed by atoms with Gasteiger partial charge >= 0.3 is 0 Å². The average molecular weight is 258 g/mol. The minimum absolute atomic E-state index is 0.0107. The number of nitrogens with one attached hydrogen (secondary N) is 1. The molecule has 0 amide bonds. The first kappa shape index (κ1) is 13.1. The van der Waals surface area contributed by atoms with E-state index in [9.17, 15) is 4.39 Å². The van der Waals surface area contributed by atoms with Gasteiger partial charge in [0.1, 0.15) is 23.2 Å². The quantitative estimate of drug-likeness (QED) is 0.653. The second-order valence-corrected chi connectivity index (χ2v) is 4.33. The maximum Gasteiger partial charge on any atom is 0.141 e. The summed E-state index contributed by atoms with van der Waals surface area (Å²) in [6, 6.07) is 10.0. The van der Waals surface area contributed by atoms with Gasteiger partial charge in [-0.15, -0.1) is 0 Å². The smallest absolute Gasteiger partial charge is 0.141 e. The lowest BCUT2D eigenvalue weighted by Crippen LogP contribution is -2.14. The van der Waals surface area contributed by atoms with Crippen LogP contribution < -0.4 is 10.5 Å². The summed E-state index contributed by atoms with van der Waals surface area (Å²) in [6.07, 6.45) is 0. The van der Waals surface area contributed by atoms with Crippen LogP contribution in [0.5, 0.6) is 11.5 Å². The van der Waals surface area contributed by atoms with Crippen LogP contribution in [-0.4, -0.2) is 5.84 Å². The predicted molar refractivity (Wildman–Crippen MR) is 73.4 cm³/mol. The first-order valence-corrected chi connectivity index (χ1v) is 5.87. The molecule has 0 atom stereocenters. The van der Waals surface area contributed by atoms with Crippen LogP contribution in [0.4, 0.5) is 4.39 Å². The second-order valence-electron chi connectivity index (χ2n) is 4.33. The highest BCUT2D eigenvalue weighted by Gasteiger charge is 2.14. The van der Waals surface area contributed by atoms with Gasteiger partial charge in [-0.25, -0.2) is 4.39 Å². The maximum atomic E-state index is 13.7. The van der Waals surface area contributed by atoms with E-state index in [1.54, 1.807) is 12.1 Å². The lowest BCUT2D eigenvalue weighted by Gasteiger charge is -2.13. The summed E-state index contributed by atoms with van der Waals surface area (Å²) >= 11 is 0. The molecule has 0 aliphatic heterocycles. The van der Waals surface area contributed by atoms with E-state index in [2.05, 4.69) is 0 Å².